The number of nitrogens with zero attached hydrogens (tertiary/aromatic N) is 2. The van der Waals surface area contributed by atoms with Crippen LogP contribution in [0.15, 0.2) is 40.1 Å². The van der Waals surface area contributed by atoms with E-state index in [0.717, 1.165) is 43.4 Å². The van der Waals surface area contributed by atoms with Crippen LogP contribution >= 0.6 is 12.2 Å². The highest BCUT2D eigenvalue weighted by Gasteiger charge is 2.28. The second-order valence-electron chi connectivity index (χ2n) is 6.44. The van der Waals surface area contributed by atoms with Crippen molar-refractivity contribution >= 4 is 27.7 Å². The molecule has 0 aliphatic heterocycles. The molecule has 25 heavy (non-hydrogen) atoms. The number of benzene rings is 1. The molecular weight excluding hydrogens is 354 g/mol. The number of hydrogen-bond donors (Lipinski definition) is 1. The maximum atomic E-state index is 13.2. The second kappa shape index (κ2) is 6.07. The Kier molecular flexibility index (Phi) is 4.00. The van der Waals surface area contributed by atoms with Gasteiger partial charge in [-0.2, -0.15) is 0 Å². The van der Waals surface area contributed by atoms with Crippen LogP contribution in [0, 0.1) is 11.6 Å². The number of aryl methyl sites for hydroxylation is 2. The summed E-state index contributed by atoms with van der Waals surface area (Å²) >= 11 is 5.50. The molecule has 3 aromatic rings. The summed E-state index contributed by atoms with van der Waals surface area (Å²) in [5.41, 5.74) is 3.15. The summed E-state index contributed by atoms with van der Waals surface area (Å²) in [6, 6.07) is 8.46. The van der Waals surface area contributed by atoms with Gasteiger partial charge in [0.2, 0.25) is 9.84 Å². The summed E-state index contributed by atoms with van der Waals surface area (Å²) in [6.45, 7) is 1.77. The molecule has 2 aromatic heterocycles. The van der Waals surface area contributed by atoms with Crippen LogP contribution in [-0.2, 0) is 22.7 Å². The zero-order valence-corrected chi connectivity index (χ0v) is 15.6. The molecule has 0 spiro atoms. The number of hydrogen-bond acceptors (Lipinski definition) is 4. The van der Waals surface area contributed by atoms with Crippen molar-refractivity contribution in [2.24, 2.45) is 0 Å². The summed E-state index contributed by atoms with van der Waals surface area (Å²) in [4.78, 5) is 5.00. The molecule has 1 aliphatic rings. The van der Waals surface area contributed by atoms with Crippen molar-refractivity contribution in [1.82, 2.24) is 14.6 Å². The van der Waals surface area contributed by atoms with Crippen LogP contribution in [0.4, 0.5) is 0 Å². The van der Waals surface area contributed by atoms with E-state index in [9.17, 15) is 8.42 Å². The van der Waals surface area contributed by atoms with Crippen LogP contribution in [0.1, 0.15) is 36.2 Å². The van der Waals surface area contributed by atoms with E-state index in [-0.39, 0.29) is 9.79 Å². The molecule has 2 heterocycles. The lowest BCUT2D eigenvalue weighted by Gasteiger charge is -2.09. The SMILES string of the molecule is Cc1[nH]n2c3c(c(=S)nc2c1S(=O)(=O)c1ccccc1)CCCCC3. The molecule has 0 unspecified atom stereocenters. The Labute approximate surface area is 151 Å². The fourth-order valence-electron chi connectivity index (χ4n) is 3.58. The predicted molar refractivity (Wildman–Crippen MR) is 98.3 cm³/mol. The Hall–Kier alpha value is -1.99. The average molecular weight is 374 g/mol. The van der Waals surface area contributed by atoms with Gasteiger partial charge in [-0.25, -0.2) is 17.9 Å². The molecule has 0 atom stereocenters. The maximum absolute atomic E-state index is 13.2. The summed E-state index contributed by atoms with van der Waals surface area (Å²) in [5, 5.41) is 3.21. The van der Waals surface area contributed by atoms with Crippen LogP contribution < -0.4 is 0 Å². The summed E-state index contributed by atoms with van der Waals surface area (Å²) in [7, 11) is -3.67. The number of fused-ring (bicyclic) bond motifs is 3. The van der Waals surface area contributed by atoms with Crippen LogP contribution in [0.5, 0.6) is 0 Å². The first-order valence-corrected chi connectivity index (χ1v) is 10.3. The van der Waals surface area contributed by atoms with Crippen molar-refractivity contribution in [1.29, 1.82) is 0 Å². The average Bonchev–Trinajstić information content (AvgIpc) is 2.78. The number of aromatic amines is 1. The third-order valence-electron chi connectivity index (χ3n) is 4.78. The zero-order valence-electron chi connectivity index (χ0n) is 13.9. The highest BCUT2D eigenvalue weighted by Crippen LogP contribution is 2.30. The van der Waals surface area contributed by atoms with Gasteiger partial charge >= 0.3 is 0 Å². The van der Waals surface area contributed by atoms with Gasteiger partial charge in [0.15, 0.2) is 5.65 Å². The van der Waals surface area contributed by atoms with Gasteiger partial charge in [0, 0.05) is 11.3 Å². The van der Waals surface area contributed by atoms with Gasteiger partial charge < -0.3 is 0 Å². The molecular formula is C18H19N3O2S2. The minimum atomic E-state index is -3.67. The van der Waals surface area contributed by atoms with Crippen LogP contribution in [-0.4, -0.2) is 23.0 Å². The van der Waals surface area contributed by atoms with Crippen LogP contribution in [0.25, 0.3) is 5.65 Å². The molecule has 0 saturated carbocycles. The number of nitrogens with one attached hydrogen (secondary N) is 1. The number of rotatable bonds is 2. The van der Waals surface area contributed by atoms with E-state index in [2.05, 4.69) is 10.1 Å². The first kappa shape index (κ1) is 16.5. The quantitative estimate of drug-likeness (QED) is 0.548. The molecule has 1 aromatic carbocycles. The van der Waals surface area contributed by atoms with Gasteiger partial charge in [-0.15, -0.1) is 0 Å². The van der Waals surface area contributed by atoms with E-state index in [1.165, 1.54) is 0 Å². The molecule has 0 bridgehead atoms. The van der Waals surface area contributed by atoms with Crippen LogP contribution in [0.3, 0.4) is 0 Å². The smallest absolute Gasteiger partial charge is 0.212 e. The van der Waals surface area contributed by atoms with Crippen molar-refractivity contribution in [3.63, 3.8) is 0 Å². The minimum Gasteiger partial charge on any atom is -0.296 e. The second-order valence-corrected chi connectivity index (χ2v) is 8.72. The Bertz CT molecular complexity index is 1110. The normalized spacial score (nSPS) is 15.1. The van der Waals surface area contributed by atoms with Gasteiger partial charge in [-0.3, -0.25) is 5.10 Å². The highest BCUT2D eigenvalue weighted by molar-refractivity contribution is 7.91. The van der Waals surface area contributed by atoms with Crippen molar-refractivity contribution in [2.75, 3.05) is 0 Å². The largest absolute Gasteiger partial charge is 0.296 e. The molecule has 7 heteroatoms. The lowest BCUT2D eigenvalue weighted by atomic mass is 10.1. The van der Waals surface area contributed by atoms with Crippen molar-refractivity contribution in [3.05, 3.63) is 51.9 Å². The number of aromatic nitrogens is 3. The van der Waals surface area contributed by atoms with Crippen molar-refractivity contribution in [2.45, 2.75) is 48.8 Å². The lowest BCUT2D eigenvalue weighted by molar-refractivity contribution is 0.596. The first-order valence-electron chi connectivity index (χ1n) is 8.43. The predicted octanol–water partition coefficient (Wildman–Crippen LogP) is 3.80. The Morgan fingerprint density at radius 3 is 2.60 bits per heavy atom. The summed E-state index contributed by atoms with van der Waals surface area (Å²) in [6.07, 6.45) is 5.11. The van der Waals surface area contributed by atoms with E-state index in [0.29, 0.717) is 16.0 Å². The van der Waals surface area contributed by atoms with E-state index in [4.69, 9.17) is 12.2 Å². The third kappa shape index (κ3) is 2.62. The fraction of sp³-hybridized carbons (Fsp3) is 0.333. The standard InChI is InChI=1S/C18H19N3O2S2/c1-12-16(25(22,23)13-8-4-2-5-9-13)17-19-18(24)14-10-6-3-7-11-15(14)21(17)20-12/h2,4-5,8-9,20H,3,6-7,10-11H2,1H3. The zero-order chi connectivity index (χ0) is 17.6. The molecule has 1 N–H and O–H groups in total. The minimum absolute atomic E-state index is 0.219. The van der Waals surface area contributed by atoms with Crippen molar-refractivity contribution < 1.29 is 8.42 Å². The van der Waals surface area contributed by atoms with E-state index in [1.54, 1.807) is 37.3 Å². The highest BCUT2D eigenvalue weighted by atomic mass is 32.2. The number of sulfone groups is 1. The monoisotopic (exact) mass is 373 g/mol. The van der Waals surface area contributed by atoms with Crippen molar-refractivity contribution in [3.8, 4) is 0 Å². The Morgan fingerprint density at radius 1 is 1.12 bits per heavy atom. The van der Waals surface area contributed by atoms with E-state index >= 15 is 0 Å². The third-order valence-corrected chi connectivity index (χ3v) is 7.04. The summed E-state index contributed by atoms with van der Waals surface area (Å²) < 4.78 is 28.7. The Morgan fingerprint density at radius 2 is 1.84 bits per heavy atom. The van der Waals surface area contributed by atoms with E-state index in [1.807, 2.05) is 4.52 Å². The topological polar surface area (TPSA) is 67.2 Å². The van der Waals surface area contributed by atoms with Gasteiger partial charge in [0.1, 0.15) is 9.54 Å². The van der Waals surface area contributed by atoms with Gasteiger partial charge in [0.25, 0.3) is 0 Å². The van der Waals surface area contributed by atoms with E-state index < -0.39 is 9.84 Å². The maximum Gasteiger partial charge on any atom is 0.212 e. The van der Waals surface area contributed by atoms with Crippen LogP contribution in [0.2, 0.25) is 0 Å². The van der Waals surface area contributed by atoms with Gasteiger partial charge in [-0.1, -0.05) is 36.8 Å². The lowest BCUT2D eigenvalue weighted by Crippen LogP contribution is -2.08. The molecule has 1 aliphatic carbocycles. The Balaban J connectivity index is 2.04. The molecule has 5 nitrogen and oxygen atoms in total. The number of H-pyrrole nitrogens is 1. The molecule has 0 saturated heterocycles. The molecule has 130 valence electrons. The molecule has 0 amide bonds. The summed E-state index contributed by atoms with van der Waals surface area (Å²) in [5.74, 6) is 0. The molecule has 4 rings (SSSR count). The fourth-order valence-corrected chi connectivity index (χ4v) is 5.47. The van der Waals surface area contributed by atoms with Gasteiger partial charge in [-0.05, 0) is 44.7 Å². The molecule has 0 radical (unpaired) electrons. The van der Waals surface area contributed by atoms with Gasteiger partial charge in [0.05, 0.1) is 10.6 Å². The molecule has 0 fully saturated rings. The first-order chi connectivity index (χ1) is 12.0.